The molecule has 3 rings (SSSR count). The first-order valence-corrected chi connectivity index (χ1v) is 8.03. The quantitative estimate of drug-likeness (QED) is 0.677. The number of hydrogen-bond donors (Lipinski definition) is 2. The Morgan fingerprint density at radius 1 is 0.962 bits per heavy atom. The number of carbonyl (C=O) groups excluding carboxylic acids is 1. The predicted octanol–water partition coefficient (Wildman–Crippen LogP) is 3.77. The van der Waals surface area contributed by atoms with Gasteiger partial charge in [0.15, 0.2) is 11.6 Å². The fourth-order valence-electron chi connectivity index (χ4n) is 2.16. The van der Waals surface area contributed by atoms with Crippen molar-refractivity contribution in [3.63, 3.8) is 0 Å². The number of ether oxygens (including phenoxy) is 1. The van der Waals surface area contributed by atoms with Gasteiger partial charge in [-0.1, -0.05) is 24.3 Å². The van der Waals surface area contributed by atoms with Gasteiger partial charge in [0, 0.05) is 5.69 Å². The van der Waals surface area contributed by atoms with E-state index in [-0.39, 0.29) is 24.8 Å². The summed E-state index contributed by atoms with van der Waals surface area (Å²) >= 11 is 0. The third-order valence-corrected chi connectivity index (χ3v) is 3.37. The lowest BCUT2D eigenvalue weighted by Gasteiger charge is -2.08. The summed E-state index contributed by atoms with van der Waals surface area (Å²) in [5.74, 6) is 0.930. The van der Waals surface area contributed by atoms with E-state index in [0.29, 0.717) is 23.1 Å². The Balaban J connectivity index is 1.46. The largest absolute Gasteiger partial charge is 0.493 e. The van der Waals surface area contributed by atoms with Gasteiger partial charge < -0.3 is 15.4 Å². The third-order valence-electron chi connectivity index (χ3n) is 3.37. The second-order valence-electron chi connectivity index (χ2n) is 5.40. The normalized spacial score (nSPS) is 10.2. The van der Waals surface area contributed by atoms with Crippen molar-refractivity contribution in [1.82, 2.24) is 10.2 Å². The first kappa shape index (κ1) is 17.3. The van der Waals surface area contributed by atoms with E-state index >= 15 is 0 Å². The minimum absolute atomic E-state index is 0.194. The average Bonchev–Trinajstić information content (AvgIpc) is 2.64. The van der Waals surface area contributed by atoms with Crippen molar-refractivity contribution < 1.29 is 13.9 Å². The number of para-hydroxylation sites is 1. The molecule has 1 amide bonds. The van der Waals surface area contributed by atoms with Crippen LogP contribution >= 0.6 is 0 Å². The molecular weight excluding hydrogens is 335 g/mol. The lowest BCUT2D eigenvalue weighted by molar-refractivity contribution is -0.116. The molecule has 0 saturated heterocycles. The van der Waals surface area contributed by atoms with Crippen LogP contribution in [0.25, 0.3) is 0 Å². The Morgan fingerprint density at radius 2 is 1.73 bits per heavy atom. The zero-order chi connectivity index (χ0) is 18.2. The van der Waals surface area contributed by atoms with Crippen LogP contribution in [0.15, 0.2) is 66.7 Å². The first-order chi connectivity index (χ1) is 12.7. The summed E-state index contributed by atoms with van der Waals surface area (Å²) < 4.78 is 18.6. The summed E-state index contributed by atoms with van der Waals surface area (Å²) in [7, 11) is 0. The van der Waals surface area contributed by atoms with Gasteiger partial charge in [-0.2, -0.15) is 0 Å². The molecule has 0 aliphatic carbocycles. The van der Waals surface area contributed by atoms with Crippen molar-refractivity contribution in [1.29, 1.82) is 0 Å². The average molecular weight is 352 g/mol. The minimum atomic E-state index is -0.343. The number of amides is 1. The van der Waals surface area contributed by atoms with Crippen LogP contribution < -0.4 is 15.4 Å². The van der Waals surface area contributed by atoms with Crippen LogP contribution in [0, 0.1) is 5.82 Å². The summed E-state index contributed by atoms with van der Waals surface area (Å²) in [5.41, 5.74) is 0.564. The molecule has 132 valence electrons. The van der Waals surface area contributed by atoms with Gasteiger partial charge in [0.1, 0.15) is 11.6 Å². The molecule has 0 aliphatic rings. The molecule has 1 aromatic heterocycles. The second-order valence-corrected chi connectivity index (χ2v) is 5.40. The van der Waals surface area contributed by atoms with E-state index < -0.39 is 0 Å². The van der Waals surface area contributed by atoms with Crippen molar-refractivity contribution in [2.24, 2.45) is 0 Å². The van der Waals surface area contributed by atoms with Gasteiger partial charge in [0.2, 0.25) is 5.91 Å². The molecule has 3 aromatic rings. The number of rotatable bonds is 7. The lowest BCUT2D eigenvalue weighted by atomic mass is 10.3. The van der Waals surface area contributed by atoms with Gasteiger partial charge in [-0.05, 0) is 42.5 Å². The van der Waals surface area contributed by atoms with Crippen LogP contribution in [-0.2, 0) is 4.79 Å². The zero-order valence-electron chi connectivity index (χ0n) is 13.9. The number of nitrogens with zero attached hydrogens (tertiary/aromatic N) is 2. The molecule has 7 heteroatoms. The number of halogens is 1. The number of carbonyl (C=O) groups is 1. The van der Waals surface area contributed by atoms with E-state index in [1.54, 1.807) is 24.3 Å². The van der Waals surface area contributed by atoms with Crippen molar-refractivity contribution in [2.75, 3.05) is 17.2 Å². The van der Waals surface area contributed by atoms with Crippen LogP contribution in [0.3, 0.4) is 0 Å². The monoisotopic (exact) mass is 352 g/mol. The van der Waals surface area contributed by atoms with Gasteiger partial charge in [-0.15, -0.1) is 10.2 Å². The summed E-state index contributed by atoms with van der Waals surface area (Å²) in [6, 6.07) is 18.6. The fraction of sp³-hybridized carbons (Fsp3) is 0.105. The highest BCUT2D eigenvalue weighted by Crippen LogP contribution is 2.15. The molecule has 2 N–H and O–H groups in total. The Hall–Kier alpha value is -3.48. The molecule has 0 bridgehead atoms. The summed E-state index contributed by atoms with van der Waals surface area (Å²) in [6.07, 6.45) is 0.194. The van der Waals surface area contributed by atoms with E-state index in [2.05, 4.69) is 20.8 Å². The maximum atomic E-state index is 13.2. The van der Waals surface area contributed by atoms with Gasteiger partial charge in [0.05, 0.1) is 13.0 Å². The fourth-order valence-corrected chi connectivity index (χ4v) is 2.16. The Morgan fingerprint density at radius 3 is 2.46 bits per heavy atom. The molecule has 0 saturated carbocycles. The smallest absolute Gasteiger partial charge is 0.229 e. The van der Waals surface area contributed by atoms with Crippen LogP contribution in [0.1, 0.15) is 6.42 Å². The van der Waals surface area contributed by atoms with Crippen LogP contribution in [-0.4, -0.2) is 22.7 Å². The van der Waals surface area contributed by atoms with Gasteiger partial charge >= 0.3 is 0 Å². The van der Waals surface area contributed by atoms with Crippen LogP contribution in [0.5, 0.6) is 5.75 Å². The Kier molecular flexibility index (Phi) is 5.72. The molecule has 0 unspecified atom stereocenters. The van der Waals surface area contributed by atoms with Crippen molar-refractivity contribution in [3.05, 3.63) is 72.5 Å². The topological polar surface area (TPSA) is 76.1 Å². The zero-order valence-corrected chi connectivity index (χ0v) is 13.9. The SMILES string of the molecule is O=C(CCOc1ccccc1)Nc1ccc(Nc2cccc(F)c2)nn1. The number of benzene rings is 2. The number of hydrogen-bond acceptors (Lipinski definition) is 5. The Labute approximate surface area is 150 Å². The van der Waals surface area contributed by atoms with Crippen molar-refractivity contribution >= 4 is 23.2 Å². The summed E-state index contributed by atoms with van der Waals surface area (Å²) in [4.78, 5) is 11.9. The Bertz CT molecular complexity index is 857. The van der Waals surface area contributed by atoms with E-state index in [9.17, 15) is 9.18 Å². The van der Waals surface area contributed by atoms with E-state index in [4.69, 9.17) is 4.74 Å². The van der Waals surface area contributed by atoms with Gasteiger partial charge in [-0.25, -0.2) is 4.39 Å². The van der Waals surface area contributed by atoms with Crippen molar-refractivity contribution in [3.8, 4) is 5.75 Å². The lowest BCUT2D eigenvalue weighted by Crippen LogP contribution is -2.16. The molecule has 2 aromatic carbocycles. The van der Waals surface area contributed by atoms with E-state index in [1.807, 2.05) is 30.3 Å². The maximum Gasteiger partial charge on any atom is 0.229 e. The highest BCUT2D eigenvalue weighted by molar-refractivity contribution is 5.89. The number of aromatic nitrogens is 2. The molecule has 26 heavy (non-hydrogen) atoms. The van der Waals surface area contributed by atoms with Gasteiger partial charge in [-0.3, -0.25) is 4.79 Å². The van der Waals surface area contributed by atoms with Crippen LogP contribution in [0.4, 0.5) is 21.7 Å². The number of nitrogens with one attached hydrogen (secondary N) is 2. The van der Waals surface area contributed by atoms with E-state index in [0.717, 1.165) is 0 Å². The molecule has 0 aliphatic heterocycles. The predicted molar refractivity (Wildman–Crippen MR) is 96.9 cm³/mol. The molecular formula is C19H17FN4O2. The second kappa shape index (κ2) is 8.57. The van der Waals surface area contributed by atoms with E-state index in [1.165, 1.54) is 12.1 Å². The van der Waals surface area contributed by atoms with Gasteiger partial charge in [0.25, 0.3) is 0 Å². The third kappa shape index (κ3) is 5.27. The molecule has 1 heterocycles. The molecule has 0 spiro atoms. The minimum Gasteiger partial charge on any atom is -0.493 e. The molecule has 0 fully saturated rings. The summed E-state index contributed by atoms with van der Waals surface area (Å²) in [5, 5.41) is 13.5. The first-order valence-electron chi connectivity index (χ1n) is 8.03. The summed E-state index contributed by atoms with van der Waals surface area (Å²) in [6.45, 7) is 0.266. The highest BCUT2D eigenvalue weighted by Gasteiger charge is 2.05. The number of anilines is 3. The highest BCUT2D eigenvalue weighted by atomic mass is 19.1. The van der Waals surface area contributed by atoms with Crippen molar-refractivity contribution in [2.45, 2.75) is 6.42 Å². The maximum absolute atomic E-state index is 13.2. The molecule has 0 atom stereocenters. The standard InChI is InChI=1S/C19H17FN4O2/c20-14-5-4-6-15(13-14)21-17-9-10-18(24-23-17)22-19(25)11-12-26-16-7-2-1-3-8-16/h1-10,13H,11-12H2,(H,21,23)(H,22,24,25). The van der Waals surface area contributed by atoms with Crippen LogP contribution in [0.2, 0.25) is 0 Å². The molecule has 6 nitrogen and oxygen atoms in total. The molecule has 0 radical (unpaired) electrons.